The van der Waals surface area contributed by atoms with Gasteiger partial charge < -0.3 is 19.3 Å². The molecule has 2 saturated heterocycles. The highest BCUT2D eigenvalue weighted by Crippen LogP contribution is 2.46. The Balaban J connectivity index is 0.00000561. The van der Waals surface area contributed by atoms with Gasteiger partial charge in [-0.1, -0.05) is 53.4 Å². The van der Waals surface area contributed by atoms with Crippen LogP contribution in [0.3, 0.4) is 0 Å². The van der Waals surface area contributed by atoms with E-state index in [1.54, 1.807) is 41.0 Å². The lowest BCUT2D eigenvalue weighted by atomic mass is 9.93. The van der Waals surface area contributed by atoms with E-state index in [2.05, 4.69) is 10.8 Å². The quantitative estimate of drug-likeness (QED) is 0.274. The van der Waals surface area contributed by atoms with Gasteiger partial charge >= 0.3 is 6.03 Å². The molecule has 288 valence electrons. The van der Waals surface area contributed by atoms with Gasteiger partial charge in [0.2, 0.25) is 15.9 Å². The van der Waals surface area contributed by atoms with Gasteiger partial charge in [0.15, 0.2) is 0 Å². The number of rotatable bonds is 9. The number of aliphatic imine (C=N–C) groups is 1. The number of hydrogen-bond donors (Lipinski definition) is 0. The number of sulfonamides is 1. The second-order valence-electron chi connectivity index (χ2n) is 13.1. The first kappa shape index (κ1) is 41.3. The zero-order valence-electron chi connectivity index (χ0n) is 30.3. The van der Waals surface area contributed by atoms with Gasteiger partial charge in [-0.2, -0.15) is 0 Å². The van der Waals surface area contributed by atoms with Crippen LogP contribution in [0.5, 0.6) is 5.75 Å². The SMILES string of the molecule is C#Cc1cc(OCC)c(C2=N[C@@H](c3ccc(Cl)cc3)[C@@H](c3ccc(Cl)cc3)N2C(=O)N2CCN(CC(=O)N3CCOCC3)CC2)cc1S(=O)(=O)N(C)C.Cl. The Labute approximate surface area is 333 Å². The molecule has 0 saturated carbocycles. The van der Waals surface area contributed by atoms with E-state index < -0.39 is 22.1 Å². The van der Waals surface area contributed by atoms with Crippen molar-refractivity contribution in [3.63, 3.8) is 0 Å². The first-order valence-electron chi connectivity index (χ1n) is 17.4. The van der Waals surface area contributed by atoms with Crippen LogP contribution in [0.25, 0.3) is 0 Å². The van der Waals surface area contributed by atoms with Crippen LogP contribution >= 0.6 is 35.6 Å². The average Bonchev–Trinajstić information content (AvgIpc) is 3.56. The summed E-state index contributed by atoms with van der Waals surface area (Å²) in [5, 5.41) is 1.07. The number of carbonyl (C=O) groups excluding carboxylic acids is 2. The van der Waals surface area contributed by atoms with E-state index in [0.29, 0.717) is 68.1 Å². The number of benzene rings is 3. The molecule has 0 unspecified atom stereocenters. The number of hydrogen-bond acceptors (Lipinski definition) is 8. The topological polar surface area (TPSA) is 115 Å². The van der Waals surface area contributed by atoms with Crippen LogP contribution in [-0.4, -0.2) is 130 Å². The second kappa shape index (κ2) is 17.7. The van der Waals surface area contributed by atoms with E-state index in [0.717, 1.165) is 15.4 Å². The van der Waals surface area contributed by atoms with Crippen molar-refractivity contribution in [2.75, 3.05) is 79.7 Å². The number of piperazine rings is 1. The number of urea groups is 1. The molecule has 0 bridgehead atoms. The van der Waals surface area contributed by atoms with E-state index in [-0.39, 0.29) is 59.5 Å². The minimum absolute atomic E-state index is 0. The minimum Gasteiger partial charge on any atom is -0.493 e. The first-order valence-corrected chi connectivity index (χ1v) is 19.6. The molecule has 3 aliphatic heterocycles. The largest absolute Gasteiger partial charge is 0.493 e. The van der Waals surface area contributed by atoms with Crippen LogP contribution in [0.15, 0.2) is 70.6 Å². The Bertz CT molecular complexity index is 2010. The third-order valence-corrected chi connectivity index (χ3v) is 12.0. The van der Waals surface area contributed by atoms with E-state index >= 15 is 4.79 Å². The van der Waals surface area contributed by atoms with E-state index in [9.17, 15) is 13.2 Å². The van der Waals surface area contributed by atoms with Crippen molar-refractivity contribution in [3.8, 4) is 18.1 Å². The molecule has 0 aromatic heterocycles. The third kappa shape index (κ3) is 8.66. The maximum Gasteiger partial charge on any atom is 0.326 e. The lowest BCUT2D eigenvalue weighted by Crippen LogP contribution is -2.56. The molecule has 3 heterocycles. The summed E-state index contributed by atoms with van der Waals surface area (Å²) in [5.41, 5.74) is 1.96. The predicted molar refractivity (Wildman–Crippen MR) is 211 cm³/mol. The molecule has 0 spiro atoms. The third-order valence-electron chi connectivity index (χ3n) is 9.60. The van der Waals surface area contributed by atoms with Crippen molar-refractivity contribution in [1.82, 2.24) is 23.9 Å². The molecular formula is C38H43Cl3N6O6S. The lowest BCUT2D eigenvalue weighted by molar-refractivity contribution is -0.136. The van der Waals surface area contributed by atoms with Crippen molar-refractivity contribution >= 4 is 63.4 Å². The van der Waals surface area contributed by atoms with Crippen LogP contribution in [0.2, 0.25) is 10.0 Å². The van der Waals surface area contributed by atoms with Crippen molar-refractivity contribution in [3.05, 3.63) is 93.0 Å². The van der Waals surface area contributed by atoms with Crippen LogP contribution < -0.4 is 4.74 Å². The van der Waals surface area contributed by atoms with Crippen molar-refractivity contribution in [2.45, 2.75) is 23.9 Å². The smallest absolute Gasteiger partial charge is 0.326 e. The summed E-state index contributed by atoms with van der Waals surface area (Å²) in [5.74, 6) is 3.05. The molecule has 12 nitrogen and oxygen atoms in total. The van der Waals surface area contributed by atoms with Gasteiger partial charge in [-0.25, -0.2) is 17.5 Å². The molecule has 2 fully saturated rings. The summed E-state index contributed by atoms with van der Waals surface area (Å²) in [7, 11) is -1.18. The van der Waals surface area contributed by atoms with Crippen LogP contribution in [-0.2, 0) is 19.6 Å². The Hall–Kier alpha value is -3.87. The molecule has 0 N–H and O–H groups in total. The van der Waals surface area contributed by atoms with Gasteiger partial charge in [0.25, 0.3) is 0 Å². The van der Waals surface area contributed by atoms with E-state index in [1.165, 1.54) is 26.2 Å². The number of carbonyl (C=O) groups is 2. The van der Waals surface area contributed by atoms with Crippen LogP contribution in [0.1, 0.15) is 41.3 Å². The number of amidine groups is 1. The fraction of sp³-hybridized carbons (Fsp3) is 0.395. The monoisotopic (exact) mass is 816 g/mol. The summed E-state index contributed by atoms with van der Waals surface area (Å²) >= 11 is 12.6. The van der Waals surface area contributed by atoms with Gasteiger partial charge in [-0.15, -0.1) is 18.8 Å². The van der Waals surface area contributed by atoms with Crippen LogP contribution in [0, 0.1) is 12.3 Å². The van der Waals surface area contributed by atoms with Gasteiger partial charge in [0.1, 0.15) is 17.6 Å². The zero-order valence-corrected chi connectivity index (χ0v) is 33.4. The summed E-state index contributed by atoms with van der Waals surface area (Å²) in [6.45, 7) is 6.17. The van der Waals surface area contributed by atoms with E-state index in [1.807, 2.05) is 29.2 Å². The second-order valence-corrected chi connectivity index (χ2v) is 16.1. The number of terminal acetylenes is 1. The van der Waals surface area contributed by atoms with E-state index in [4.69, 9.17) is 44.1 Å². The Morgan fingerprint density at radius 3 is 2.07 bits per heavy atom. The maximum absolute atomic E-state index is 15.0. The molecule has 16 heteroatoms. The molecule has 0 aliphatic carbocycles. The molecule has 6 rings (SSSR count). The molecule has 54 heavy (non-hydrogen) atoms. The summed E-state index contributed by atoms with van der Waals surface area (Å²) in [4.78, 5) is 40.4. The number of nitrogens with zero attached hydrogens (tertiary/aromatic N) is 6. The summed E-state index contributed by atoms with van der Waals surface area (Å²) in [6.07, 6.45) is 5.85. The molecule has 3 amide bonds. The normalized spacial score (nSPS) is 19.3. The molecule has 3 aliphatic rings. The van der Waals surface area contributed by atoms with Gasteiger partial charge in [0, 0.05) is 69.0 Å². The van der Waals surface area contributed by atoms with Crippen molar-refractivity contribution in [2.24, 2.45) is 4.99 Å². The van der Waals surface area contributed by atoms with Gasteiger partial charge in [0.05, 0.1) is 42.9 Å². The molecular weight excluding hydrogens is 775 g/mol. The van der Waals surface area contributed by atoms with Crippen molar-refractivity contribution in [1.29, 1.82) is 0 Å². The first-order chi connectivity index (χ1) is 25.4. The predicted octanol–water partition coefficient (Wildman–Crippen LogP) is 5.19. The maximum atomic E-state index is 15.0. The highest BCUT2D eigenvalue weighted by Gasteiger charge is 2.45. The minimum atomic E-state index is -4.03. The van der Waals surface area contributed by atoms with Gasteiger partial charge in [-0.3, -0.25) is 19.6 Å². The zero-order chi connectivity index (χ0) is 37.9. The molecule has 3 aromatic rings. The Morgan fingerprint density at radius 1 is 0.926 bits per heavy atom. The number of morpholine rings is 1. The highest BCUT2D eigenvalue weighted by atomic mass is 35.5. The Kier molecular flexibility index (Phi) is 13.6. The number of amides is 3. The Morgan fingerprint density at radius 2 is 1.52 bits per heavy atom. The summed E-state index contributed by atoms with van der Waals surface area (Å²) < 4.78 is 39.9. The van der Waals surface area contributed by atoms with Crippen molar-refractivity contribution < 1.29 is 27.5 Å². The standard InChI is InChI=1S/C38H42Cl2N6O6S.ClH/c1-5-26-23-32(52-6-2)31(24-33(26)53(49,50)42(3)4)37-41-35(27-7-11-29(39)12-8-27)36(28-9-13-30(40)14-10-28)46(37)38(48)45-17-15-43(16-18-45)25-34(47)44-19-21-51-22-20-44;/h1,7-14,23-24,35-36H,6,15-22,25H2,2-4H3;1H/t35-,36+;/m0./s1. The van der Waals surface area contributed by atoms with Crippen LogP contribution in [0.4, 0.5) is 4.79 Å². The summed E-state index contributed by atoms with van der Waals surface area (Å²) in [6, 6.07) is 15.8. The highest BCUT2D eigenvalue weighted by molar-refractivity contribution is 7.89. The number of halogens is 3. The number of ether oxygens (including phenoxy) is 2. The fourth-order valence-electron chi connectivity index (χ4n) is 6.74. The molecule has 3 aromatic carbocycles. The van der Waals surface area contributed by atoms with Gasteiger partial charge in [-0.05, 0) is 54.4 Å². The molecule has 2 atom stereocenters. The molecule has 0 radical (unpaired) electrons. The lowest BCUT2D eigenvalue weighted by Gasteiger charge is -2.39. The fourth-order valence-corrected chi connectivity index (χ4v) is 8.05. The average molecular weight is 818 g/mol.